The first kappa shape index (κ1) is 10.4. The van der Waals surface area contributed by atoms with E-state index in [1.54, 1.807) is 0 Å². The average Bonchev–Trinajstić information content (AvgIpc) is 2.68. The Kier molecular flexibility index (Phi) is 3.17. The number of hydrogen-bond donors (Lipinski definition) is 1. The van der Waals surface area contributed by atoms with Gasteiger partial charge in [0.2, 0.25) is 5.89 Å². The van der Waals surface area contributed by atoms with E-state index in [1.807, 2.05) is 7.05 Å². The Balaban J connectivity index is 2.06. The minimum absolute atomic E-state index is 0.293. The van der Waals surface area contributed by atoms with Crippen LogP contribution in [0.2, 0.25) is 0 Å². The molecule has 84 valence electrons. The van der Waals surface area contributed by atoms with E-state index in [-0.39, 0.29) is 0 Å². The molecule has 0 spiro atoms. The third kappa shape index (κ3) is 2.27. The van der Waals surface area contributed by atoms with Crippen molar-refractivity contribution >= 4 is 6.01 Å². The lowest BCUT2D eigenvalue weighted by atomic mass is 10.3. The van der Waals surface area contributed by atoms with Gasteiger partial charge in [0.25, 0.3) is 0 Å². The number of aromatic nitrogens is 2. The molecule has 1 saturated heterocycles. The molecule has 1 N–H and O–H groups in total. The van der Waals surface area contributed by atoms with Gasteiger partial charge in [0.05, 0.1) is 25.8 Å². The van der Waals surface area contributed by atoms with Crippen molar-refractivity contribution in [1.29, 1.82) is 0 Å². The van der Waals surface area contributed by atoms with Crippen LogP contribution in [0.25, 0.3) is 0 Å². The van der Waals surface area contributed by atoms with E-state index < -0.39 is 0 Å². The number of rotatable bonds is 3. The Labute approximate surface area is 88.6 Å². The standard InChI is InChI=1S/C9H16N4O2/c1-7-6-14-4-3-13(7)9-12-11-8(15-9)5-10-2/h7,10H,3-6H2,1-2H3. The minimum Gasteiger partial charge on any atom is -0.407 e. The third-order valence-corrected chi connectivity index (χ3v) is 2.40. The van der Waals surface area contributed by atoms with Crippen LogP contribution in [-0.2, 0) is 11.3 Å². The highest BCUT2D eigenvalue weighted by Crippen LogP contribution is 2.17. The first-order chi connectivity index (χ1) is 7.31. The molecule has 0 bridgehead atoms. The molecule has 1 fully saturated rings. The molecule has 1 aromatic rings. The molecular formula is C9H16N4O2. The van der Waals surface area contributed by atoms with E-state index in [2.05, 4.69) is 27.3 Å². The van der Waals surface area contributed by atoms with Crippen LogP contribution in [0, 0.1) is 0 Å². The Morgan fingerprint density at radius 1 is 1.53 bits per heavy atom. The molecule has 0 radical (unpaired) electrons. The van der Waals surface area contributed by atoms with Gasteiger partial charge in [-0.1, -0.05) is 5.10 Å². The molecule has 1 unspecified atom stereocenters. The molecular weight excluding hydrogens is 196 g/mol. The van der Waals surface area contributed by atoms with Crippen LogP contribution in [0.15, 0.2) is 4.42 Å². The van der Waals surface area contributed by atoms with Gasteiger partial charge in [-0.25, -0.2) is 0 Å². The summed E-state index contributed by atoms with van der Waals surface area (Å²) in [6, 6.07) is 0.887. The van der Waals surface area contributed by atoms with Crippen molar-refractivity contribution in [1.82, 2.24) is 15.5 Å². The van der Waals surface area contributed by atoms with Crippen molar-refractivity contribution in [3.8, 4) is 0 Å². The summed E-state index contributed by atoms with van der Waals surface area (Å²) < 4.78 is 10.9. The van der Waals surface area contributed by atoms with E-state index in [0.29, 0.717) is 37.7 Å². The zero-order valence-electron chi connectivity index (χ0n) is 9.06. The number of ether oxygens (including phenoxy) is 1. The number of morpholine rings is 1. The predicted molar refractivity (Wildman–Crippen MR) is 54.7 cm³/mol. The van der Waals surface area contributed by atoms with Crippen molar-refractivity contribution in [2.24, 2.45) is 0 Å². The van der Waals surface area contributed by atoms with Crippen molar-refractivity contribution in [2.75, 3.05) is 31.7 Å². The summed E-state index contributed by atoms with van der Waals surface area (Å²) in [5, 5.41) is 10.9. The molecule has 1 aliphatic rings. The predicted octanol–water partition coefficient (Wildman–Crippen LogP) is 0.0141. The van der Waals surface area contributed by atoms with E-state index in [0.717, 1.165) is 6.54 Å². The van der Waals surface area contributed by atoms with Crippen LogP contribution in [0.3, 0.4) is 0 Å². The lowest BCUT2D eigenvalue weighted by molar-refractivity contribution is 0.0959. The summed E-state index contributed by atoms with van der Waals surface area (Å²) in [5.74, 6) is 0.617. The molecule has 0 aromatic carbocycles. The van der Waals surface area contributed by atoms with Crippen molar-refractivity contribution in [2.45, 2.75) is 19.5 Å². The van der Waals surface area contributed by atoms with Crippen molar-refractivity contribution < 1.29 is 9.15 Å². The maximum absolute atomic E-state index is 5.52. The Hall–Kier alpha value is -1.14. The van der Waals surface area contributed by atoms with Gasteiger partial charge in [0, 0.05) is 6.54 Å². The summed E-state index contributed by atoms with van der Waals surface area (Å²) in [7, 11) is 1.85. The highest BCUT2D eigenvalue weighted by molar-refractivity contribution is 5.26. The first-order valence-electron chi connectivity index (χ1n) is 5.12. The highest BCUT2D eigenvalue weighted by atomic mass is 16.5. The number of nitrogens with zero attached hydrogens (tertiary/aromatic N) is 3. The van der Waals surface area contributed by atoms with E-state index >= 15 is 0 Å². The van der Waals surface area contributed by atoms with Crippen LogP contribution in [-0.4, -0.2) is 43.0 Å². The van der Waals surface area contributed by atoms with Gasteiger partial charge < -0.3 is 19.4 Å². The van der Waals surface area contributed by atoms with Gasteiger partial charge in [0.15, 0.2) is 0 Å². The van der Waals surface area contributed by atoms with Crippen LogP contribution in [0.5, 0.6) is 0 Å². The number of hydrogen-bond acceptors (Lipinski definition) is 6. The van der Waals surface area contributed by atoms with Crippen molar-refractivity contribution in [3.05, 3.63) is 5.89 Å². The zero-order chi connectivity index (χ0) is 10.7. The lowest BCUT2D eigenvalue weighted by Gasteiger charge is -2.31. The third-order valence-electron chi connectivity index (χ3n) is 2.40. The van der Waals surface area contributed by atoms with Gasteiger partial charge in [-0.3, -0.25) is 0 Å². The fraction of sp³-hybridized carbons (Fsp3) is 0.778. The lowest BCUT2D eigenvalue weighted by Crippen LogP contribution is -2.43. The monoisotopic (exact) mass is 212 g/mol. The summed E-state index contributed by atoms with van der Waals surface area (Å²) in [6.45, 7) is 4.92. The highest BCUT2D eigenvalue weighted by Gasteiger charge is 2.23. The van der Waals surface area contributed by atoms with Gasteiger partial charge in [-0.2, -0.15) is 0 Å². The summed E-state index contributed by atoms with van der Waals surface area (Å²) in [4.78, 5) is 2.08. The molecule has 6 nitrogen and oxygen atoms in total. The Morgan fingerprint density at radius 2 is 2.40 bits per heavy atom. The fourth-order valence-corrected chi connectivity index (χ4v) is 1.59. The van der Waals surface area contributed by atoms with Crippen LogP contribution in [0.1, 0.15) is 12.8 Å². The second-order valence-electron chi connectivity index (χ2n) is 3.63. The van der Waals surface area contributed by atoms with Gasteiger partial charge in [-0.05, 0) is 14.0 Å². The molecule has 1 atom stereocenters. The molecule has 6 heteroatoms. The minimum atomic E-state index is 0.293. The number of nitrogens with one attached hydrogen (secondary N) is 1. The Morgan fingerprint density at radius 3 is 3.13 bits per heavy atom. The van der Waals surface area contributed by atoms with Crippen molar-refractivity contribution in [3.63, 3.8) is 0 Å². The molecule has 0 saturated carbocycles. The largest absolute Gasteiger partial charge is 0.407 e. The maximum Gasteiger partial charge on any atom is 0.318 e. The van der Waals surface area contributed by atoms with Crippen LogP contribution >= 0.6 is 0 Å². The molecule has 1 aliphatic heterocycles. The topological polar surface area (TPSA) is 63.4 Å². The fourth-order valence-electron chi connectivity index (χ4n) is 1.59. The first-order valence-corrected chi connectivity index (χ1v) is 5.12. The van der Waals surface area contributed by atoms with Gasteiger partial charge in [-0.15, -0.1) is 5.10 Å². The molecule has 2 rings (SSSR count). The normalized spacial score (nSPS) is 22.0. The summed E-state index contributed by atoms with van der Waals surface area (Å²) >= 11 is 0. The molecule has 2 heterocycles. The average molecular weight is 212 g/mol. The van der Waals surface area contributed by atoms with Gasteiger partial charge in [0.1, 0.15) is 0 Å². The smallest absolute Gasteiger partial charge is 0.318 e. The molecule has 15 heavy (non-hydrogen) atoms. The number of anilines is 1. The second-order valence-corrected chi connectivity index (χ2v) is 3.63. The second kappa shape index (κ2) is 4.59. The van der Waals surface area contributed by atoms with E-state index in [9.17, 15) is 0 Å². The van der Waals surface area contributed by atoms with E-state index in [1.165, 1.54) is 0 Å². The Bertz CT molecular complexity index is 315. The molecule has 1 aromatic heterocycles. The molecule has 0 amide bonds. The quantitative estimate of drug-likeness (QED) is 0.761. The summed E-state index contributed by atoms with van der Waals surface area (Å²) in [6.07, 6.45) is 0. The maximum atomic E-state index is 5.52. The van der Waals surface area contributed by atoms with Crippen LogP contribution < -0.4 is 10.2 Å². The van der Waals surface area contributed by atoms with E-state index in [4.69, 9.17) is 9.15 Å². The zero-order valence-corrected chi connectivity index (χ0v) is 9.06. The summed E-state index contributed by atoms with van der Waals surface area (Å²) in [5.41, 5.74) is 0. The SMILES string of the molecule is CNCc1nnc(N2CCOCC2C)o1. The van der Waals surface area contributed by atoms with Crippen LogP contribution in [0.4, 0.5) is 6.01 Å². The van der Waals surface area contributed by atoms with Gasteiger partial charge >= 0.3 is 6.01 Å². The molecule has 0 aliphatic carbocycles.